The molecule has 0 saturated carbocycles. The van der Waals surface area contributed by atoms with Gasteiger partial charge in [0, 0.05) is 18.0 Å². The van der Waals surface area contributed by atoms with E-state index in [1.807, 2.05) is 0 Å². The van der Waals surface area contributed by atoms with E-state index >= 15 is 0 Å². The summed E-state index contributed by atoms with van der Waals surface area (Å²) in [6, 6.07) is 0. The van der Waals surface area contributed by atoms with E-state index in [9.17, 15) is 4.79 Å². The zero-order valence-electron chi connectivity index (χ0n) is 15.5. The number of rotatable bonds is 8. The van der Waals surface area contributed by atoms with Gasteiger partial charge in [0.15, 0.2) is 5.16 Å². The molecule has 1 amide bonds. The minimum atomic E-state index is 0.00917. The van der Waals surface area contributed by atoms with Crippen LogP contribution in [-0.4, -0.2) is 52.7 Å². The lowest BCUT2D eigenvalue weighted by atomic mass is 9.97. The number of anilines is 1. The Hall–Kier alpha value is -1.38. The maximum absolute atomic E-state index is 12.0. The lowest BCUT2D eigenvalue weighted by Crippen LogP contribution is -2.35. The van der Waals surface area contributed by atoms with Gasteiger partial charge in [-0.1, -0.05) is 25.6 Å². The molecule has 1 aliphatic carbocycles. The molecule has 0 aliphatic heterocycles. The number of aromatic nitrogens is 2. The summed E-state index contributed by atoms with van der Waals surface area (Å²) in [4.78, 5) is 25.8. The normalized spacial score (nSPS) is 14.0. The maximum atomic E-state index is 12.0. The second kappa shape index (κ2) is 9.01. The summed E-state index contributed by atoms with van der Waals surface area (Å²) >= 11 is 3.09. The van der Waals surface area contributed by atoms with Gasteiger partial charge in [-0.2, -0.15) is 0 Å². The van der Waals surface area contributed by atoms with Crippen molar-refractivity contribution in [2.24, 2.45) is 0 Å². The highest BCUT2D eigenvalue weighted by atomic mass is 32.2. The van der Waals surface area contributed by atoms with Crippen molar-refractivity contribution in [2.45, 2.75) is 44.7 Å². The Labute approximate surface area is 163 Å². The van der Waals surface area contributed by atoms with Gasteiger partial charge in [0.05, 0.1) is 11.1 Å². The molecule has 0 saturated heterocycles. The van der Waals surface area contributed by atoms with Crippen molar-refractivity contribution in [3.63, 3.8) is 0 Å². The third kappa shape index (κ3) is 4.47. The van der Waals surface area contributed by atoms with Crippen LogP contribution >= 0.6 is 23.1 Å². The molecule has 2 aromatic rings. The number of thiophene rings is 1. The fraction of sp³-hybridized carbons (Fsp3) is 0.611. The van der Waals surface area contributed by atoms with Gasteiger partial charge in [0.1, 0.15) is 10.6 Å². The second-order valence-electron chi connectivity index (χ2n) is 6.45. The van der Waals surface area contributed by atoms with Crippen LogP contribution in [-0.2, 0) is 17.6 Å². The summed E-state index contributed by atoms with van der Waals surface area (Å²) in [5.41, 5.74) is 7.56. The molecule has 8 heteroatoms. The number of carbonyl (C=O) groups is 1. The highest BCUT2D eigenvalue weighted by Crippen LogP contribution is 2.38. The van der Waals surface area contributed by atoms with Crippen molar-refractivity contribution < 1.29 is 4.79 Å². The van der Waals surface area contributed by atoms with Crippen molar-refractivity contribution >= 4 is 45.0 Å². The van der Waals surface area contributed by atoms with Gasteiger partial charge in [-0.15, -0.1) is 11.3 Å². The topological polar surface area (TPSA) is 84.1 Å². The predicted octanol–water partition coefficient (Wildman–Crippen LogP) is 2.70. The van der Waals surface area contributed by atoms with Crippen molar-refractivity contribution in [3.8, 4) is 0 Å². The number of nitrogen functional groups attached to an aromatic ring is 1. The standard InChI is InChI=1S/C18H27N5OS2/c1-3-23(4-2)10-9-20-14(24)11-25-18-21-16(19)15-12-7-5-6-8-13(12)26-17(15)22-18/h3-11H2,1-2H3,(H,20,24)(H2,19,21,22). The van der Waals surface area contributed by atoms with Crippen LogP contribution in [0.5, 0.6) is 0 Å². The molecule has 142 valence electrons. The van der Waals surface area contributed by atoms with E-state index in [2.05, 4.69) is 34.0 Å². The Bertz CT molecular complexity index is 773. The van der Waals surface area contributed by atoms with E-state index in [0.29, 0.717) is 23.3 Å². The van der Waals surface area contributed by atoms with E-state index in [1.54, 1.807) is 11.3 Å². The van der Waals surface area contributed by atoms with Crippen molar-refractivity contribution in [1.82, 2.24) is 20.2 Å². The van der Waals surface area contributed by atoms with Gasteiger partial charge in [-0.3, -0.25) is 4.79 Å². The minimum Gasteiger partial charge on any atom is -0.383 e. The molecule has 3 rings (SSSR count). The van der Waals surface area contributed by atoms with E-state index in [4.69, 9.17) is 5.73 Å². The SMILES string of the molecule is CCN(CC)CCNC(=O)CSc1nc(N)c2c3c(sc2n1)CCCC3. The molecule has 2 aromatic heterocycles. The molecule has 0 atom stereocenters. The van der Waals surface area contributed by atoms with E-state index in [1.165, 1.54) is 35.0 Å². The van der Waals surface area contributed by atoms with Crippen LogP contribution < -0.4 is 11.1 Å². The molecule has 0 spiro atoms. The van der Waals surface area contributed by atoms with E-state index in [0.717, 1.165) is 42.7 Å². The third-order valence-electron chi connectivity index (χ3n) is 4.80. The first-order valence-electron chi connectivity index (χ1n) is 9.32. The van der Waals surface area contributed by atoms with Gasteiger partial charge >= 0.3 is 0 Å². The van der Waals surface area contributed by atoms with Crippen molar-refractivity contribution in [2.75, 3.05) is 37.7 Å². The van der Waals surface area contributed by atoms with E-state index in [-0.39, 0.29) is 5.91 Å². The Morgan fingerprint density at radius 3 is 2.81 bits per heavy atom. The summed E-state index contributed by atoms with van der Waals surface area (Å²) < 4.78 is 0. The number of nitrogens with two attached hydrogens (primary N) is 1. The molecule has 0 fully saturated rings. The van der Waals surface area contributed by atoms with Crippen LogP contribution in [0.1, 0.15) is 37.1 Å². The first kappa shape index (κ1) is 19.4. The summed E-state index contributed by atoms with van der Waals surface area (Å²) in [7, 11) is 0. The number of carbonyl (C=O) groups excluding carboxylic acids is 1. The minimum absolute atomic E-state index is 0.00917. The summed E-state index contributed by atoms with van der Waals surface area (Å²) in [6.07, 6.45) is 4.64. The van der Waals surface area contributed by atoms with Crippen LogP contribution in [0.2, 0.25) is 0 Å². The maximum Gasteiger partial charge on any atom is 0.230 e. The molecule has 6 nitrogen and oxygen atoms in total. The van der Waals surface area contributed by atoms with Crippen LogP contribution in [0, 0.1) is 0 Å². The van der Waals surface area contributed by atoms with Crippen LogP contribution in [0.3, 0.4) is 0 Å². The number of amides is 1. The molecule has 0 aromatic carbocycles. The van der Waals surface area contributed by atoms with Gasteiger partial charge < -0.3 is 16.0 Å². The molecule has 2 heterocycles. The Morgan fingerprint density at radius 1 is 1.27 bits per heavy atom. The highest BCUT2D eigenvalue weighted by molar-refractivity contribution is 7.99. The highest BCUT2D eigenvalue weighted by Gasteiger charge is 2.20. The first-order chi connectivity index (χ1) is 12.6. The number of hydrogen-bond donors (Lipinski definition) is 2. The van der Waals surface area contributed by atoms with Crippen molar-refractivity contribution in [3.05, 3.63) is 10.4 Å². The average molecular weight is 394 g/mol. The summed E-state index contributed by atoms with van der Waals surface area (Å²) in [5, 5.41) is 4.59. The van der Waals surface area contributed by atoms with E-state index < -0.39 is 0 Å². The molecule has 0 radical (unpaired) electrons. The lowest BCUT2D eigenvalue weighted by molar-refractivity contribution is -0.118. The van der Waals surface area contributed by atoms with Gasteiger partial charge in [0.2, 0.25) is 5.91 Å². The first-order valence-corrected chi connectivity index (χ1v) is 11.1. The van der Waals surface area contributed by atoms with Crippen LogP contribution in [0.15, 0.2) is 5.16 Å². The molecular weight excluding hydrogens is 366 g/mol. The number of aryl methyl sites for hydroxylation is 2. The van der Waals surface area contributed by atoms with Gasteiger partial charge in [-0.25, -0.2) is 9.97 Å². The molecule has 3 N–H and O–H groups in total. The summed E-state index contributed by atoms with van der Waals surface area (Å²) in [6.45, 7) is 7.79. The number of likely N-dealkylation sites (N-methyl/N-ethyl adjacent to an activating group) is 1. The van der Waals surface area contributed by atoms with Gasteiger partial charge in [-0.05, 0) is 44.3 Å². The number of fused-ring (bicyclic) bond motifs is 3. The monoisotopic (exact) mass is 393 g/mol. The van der Waals surface area contributed by atoms with Crippen LogP contribution in [0.4, 0.5) is 5.82 Å². The largest absolute Gasteiger partial charge is 0.383 e. The smallest absolute Gasteiger partial charge is 0.230 e. The Morgan fingerprint density at radius 2 is 2.04 bits per heavy atom. The molecule has 26 heavy (non-hydrogen) atoms. The Kier molecular flexibility index (Phi) is 6.72. The number of thioether (sulfide) groups is 1. The predicted molar refractivity (Wildman–Crippen MR) is 110 cm³/mol. The lowest BCUT2D eigenvalue weighted by Gasteiger charge is -2.17. The second-order valence-corrected chi connectivity index (χ2v) is 8.47. The fourth-order valence-electron chi connectivity index (χ4n) is 3.30. The molecule has 1 aliphatic rings. The summed E-state index contributed by atoms with van der Waals surface area (Å²) in [5.74, 6) is 0.877. The zero-order chi connectivity index (χ0) is 18.5. The number of hydrogen-bond acceptors (Lipinski definition) is 7. The van der Waals surface area contributed by atoms with Crippen molar-refractivity contribution in [1.29, 1.82) is 0 Å². The quantitative estimate of drug-likeness (QED) is 0.530. The number of nitrogens with zero attached hydrogens (tertiary/aromatic N) is 3. The molecule has 0 unspecified atom stereocenters. The number of nitrogens with one attached hydrogen (secondary N) is 1. The zero-order valence-corrected chi connectivity index (χ0v) is 17.1. The third-order valence-corrected chi connectivity index (χ3v) is 6.83. The Balaban J connectivity index is 1.58. The van der Waals surface area contributed by atoms with Crippen LogP contribution in [0.25, 0.3) is 10.2 Å². The van der Waals surface area contributed by atoms with Gasteiger partial charge in [0.25, 0.3) is 0 Å². The average Bonchev–Trinajstić information content (AvgIpc) is 3.02. The molecular formula is C18H27N5OS2. The fourth-order valence-corrected chi connectivity index (χ4v) is 5.31. The molecule has 0 bridgehead atoms.